The lowest BCUT2D eigenvalue weighted by atomic mass is 9.96. The zero-order valence-electron chi connectivity index (χ0n) is 11.4. The second-order valence-electron chi connectivity index (χ2n) is 5.24. The number of hydrogen-bond acceptors (Lipinski definition) is 2. The summed E-state index contributed by atoms with van der Waals surface area (Å²) in [5.41, 5.74) is 10.2. The van der Waals surface area contributed by atoms with Gasteiger partial charge in [-0.2, -0.15) is 0 Å². The summed E-state index contributed by atoms with van der Waals surface area (Å²) in [6.45, 7) is 4.17. The summed E-state index contributed by atoms with van der Waals surface area (Å²) in [7, 11) is 0. The van der Waals surface area contributed by atoms with Crippen LogP contribution in [0, 0.1) is 13.8 Å². The van der Waals surface area contributed by atoms with E-state index in [1.54, 1.807) is 0 Å². The Kier molecular flexibility index (Phi) is 4.24. The molecule has 3 heteroatoms. The van der Waals surface area contributed by atoms with Crippen LogP contribution in [-0.4, -0.2) is 12.4 Å². The zero-order chi connectivity index (χ0) is 13.0. The number of nitrogens with two attached hydrogens (primary N) is 1. The molecule has 0 atom stereocenters. The fourth-order valence-corrected chi connectivity index (χ4v) is 2.41. The van der Waals surface area contributed by atoms with Gasteiger partial charge in [0.2, 0.25) is 0 Å². The monoisotopic (exact) mass is 245 g/mol. The molecule has 1 aliphatic carbocycles. The van der Waals surface area contributed by atoms with Crippen molar-refractivity contribution >= 4 is 17.7 Å². The number of nitrogen functional groups attached to an aromatic ring is 1. The molecule has 0 spiro atoms. The van der Waals surface area contributed by atoms with E-state index in [2.05, 4.69) is 30.2 Å². The van der Waals surface area contributed by atoms with Crippen LogP contribution in [0.25, 0.3) is 0 Å². The third-order valence-electron chi connectivity index (χ3n) is 3.75. The van der Waals surface area contributed by atoms with Crippen LogP contribution in [0.2, 0.25) is 0 Å². The van der Waals surface area contributed by atoms with E-state index in [9.17, 15) is 0 Å². The van der Waals surface area contributed by atoms with Gasteiger partial charge in [0, 0.05) is 0 Å². The van der Waals surface area contributed by atoms with Crippen LogP contribution >= 0.6 is 0 Å². The summed E-state index contributed by atoms with van der Waals surface area (Å²) in [4.78, 5) is 4.58. The summed E-state index contributed by atoms with van der Waals surface area (Å²) >= 11 is 0. The van der Waals surface area contributed by atoms with E-state index >= 15 is 0 Å². The first-order valence-electron chi connectivity index (χ1n) is 6.81. The van der Waals surface area contributed by atoms with E-state index in [0.29, 0.717) is 6.04 Å². The van der Waals surface area contributed by atoms with Crippen molar-refractivity contribution in [2.24, 2.45) is 4.99 Å². The molecule has 1 aromatic rings. The first-order valence-corrected chi connectivity index (χ1v) is 6.81. The third kappa shape index (κ3) is 3.25. The van der Waals surface area contributed by atoms with Crippen molar-refractivity contribution in [2.45, 2.75) is 52.0 Å². The molecule has 0 radical (unpaired) electrons. The second kappa shape index (κ2) is 5.89. The minimum Gasteiger partial charge on any atom is -0.397 e. The Hall–Kier alpha value is -1.51. The topological polar surface area (TPSA) is 50.4 Å². The Morgan fingerprint density at radius 2 is 1.83 bits per heavy atom. The maximum absolute atomic E-state index is 5.99. The number of aryl methyl sites for hydroxylation is 2. The van der Waals surface area contributed by atoms with Crippen molar-refractivity contribution in [1.29, 1.82) is 0 Å². The van der Waals surface area contributed by atoms with E-state index in [4.69, 9.17) is 5.73 Å². The van der Waals surface area contributed by atoms with Gasteiger partial charge in [0.1, 0.15) is 0 Å². The highest BCUT2D eigenvalue weighted by molar-refractivity contribution is 5.83. The molecule has 0 aliphatic heterocycles. The Bertz CT molecular complexity index is 432. The number of hydrogen-bond donors (Lipinski definition) is 2. The van der Waals surface area contributed by atoms with Crippen molar-refractivity contribution < 1.29 is 0 Å². The lowest BCUT2D eigenvalue weighted by molar-refractivity contribution is 0.444. The van der Waals surface area contributed by atoms with Crippen LogP contribution in [0.15, 0.2) is 17.1 Å². The highest BCUT2D eigenvalue weighted by atomic mass is 15.0. The van der Waals surface area contributed by atoms with Gasteiger partial charge >= 0.3 is 0 Å². The van der Waals surface area contributed by atoms with E-state index in [-0.39, 0.29) is 0 Å². The molecule has 98 valence electrons. The molecule has 0 unspecified atom stereocenters. The van der Waals surface area contributed by atoms with Crippen LogP contribution in [0.5, 0.6) is 0 Å². The van der Waals surface area contributed by atoms with Gasteiger partial charge in [-0.25, -0.2) is 0 Å². The Balaban J connectivity index is 1.97. The average molecular weight is 245 g/mol. The van der Waals surface area contributed by atoms with Crippen molar-refractivity contribution in [3.63, 3.8) is 0 Å². The van der Waals surface area contributed by atoms with Crippen molar-refractivity contribution in [1.82, 2.24) is 0 Å². The Morgan fingerprint density at radius 3 is 2.56 bits per heavy atom. The summed E-state index contributed by atoms with van der Waals surface area (Å²) in [5, 5.41) is 3.21. The first kappa shape index (κ1) is 12.9. The largest absolute Gasteiger partial charge is 0.397 e. The highest BCUT2D eigenvalue weighted by Gasteiger charge is 2.10. The fourth-order valence-electron chi connectivity index (χ4n) is 2.41. The molecule has 1 aliphatic rings. The van der Waals surface area contributed by atoms with Crippen LogP contribution in [0.3, 0.4) is 0 Å². The normalized spacial score (nSPS) is 17.2. The Labute approximate surface area is 109 Å². The maximum Gasteiger partial charge on any atom is 0.0871 e. The zero-order valence-corrected chi connectivity index (χ0v) is 11.4. The van der Waals surface area contributed by atoms with Crippen LogP contribution in [0.1, 0.15) is 43.2 Å². The Morgan fingerprint density at radius 1 is 1.17 bits per heavy atom. The maximum atomic E-state index is 5.99. The van der Waals surface area contributed by atoms with Crippen molar-refractivity contribution in [3.05, 3.63) is 23.3 Å². The van der Waals surface area contributed by atoms with Gasteiger partial charge in [0.15, 0.2) is 0 Å². The highest BCUT2D eigenvalue weighted by Crippen LogP contribution is 2.23. The number of aliphatic imine (C=N–C) groups is 1. The predicted molar refractivity (Wildman–Crippen MR) is 79.3 cm³/mol. The van der Waals surface area contributed by atoms with Gasteiger partial charge in [0.25, 0.3) is 0 Å². The number of benzene rings is 1. The van der Waals surface area contributed by atoms with E-state index in [1.165, 1.54) is 43.2 Å². The molecule has 0 saturated heterocycles. The molecule has 0 aromatic heterocycles. The number of nitrogens with one attached hydrogen (secondary N) is 1. The van der Waals surface area contributed by atoms with Crippen LogP contribution in [0.4, 0.5) is 11.4 Å². The molecular formula is C15H23N3. The molecule has 2 rings (SSSR count). The number of nitrogens with zero attached hydrogens (tertiary/aromatic N) is 1. The standard InChI is InChI=1S/C15H23N3/c1-11-8-14(16)15(9-12(11)2)18-10-17-13-6-4-3-5-7-13/h8-10,13H,3-7,16H2,1-2H3,(H,17,18). The van der Waals surface area contributed by atoms with Gasteiger partial charge in [0.05, 0.1) is 23.8 Å². The molecule has 0 bridgehead atoms. The molecule has 1 saturated carbocycles. The van der Waals surface area contributed by atoms with Gasteiger partial charge in [-0.3, -0.25) is 4.99 Å². The number of rotatable bonds is 3. The van der Waals surface area contributed by atoms with Crippen LogP contribution in [-0.2, 0) is 0 Å². The SMILES string of the molecule is Cc1cc(N)c(NC=NC2CCCCC2)cc1C. The van der Waals surface area contributed by atoms with Gasteiger partial charge < -0.3 is 11.1 Å². The molecule has 0 heterocycles. The van der Waals surface area contributed by atoms with E-state index in [0.717, 1.165) is 11.4 Å². The lowest BCUT2D eigenvalue weighted by Crippen LogP contribution is -2.11. The van der Waals surface area contributed by atoms with Gasteiger partial charge in [-0.05, 0) is 49.9 Å². The van der Waals surface area contributed by atoms with Crippen molar-refractivity contribution in [2.75, 3.05) is 11.1 Å². The minimum absolute atomic E-state index is 0.499. The molecule has 3 nitrogen and oxygen atoms in total. The average Bonchev–Trinajstić information content (AvgIpc) is 2.37. The van der Waals surface area contributed by atoms with E-state index < -0.39 is 0 Å². The summed E-state index contributed by atoms with van der Waals surface area (Å²) < 4.78 is 0. The quantitative estimate of drug-likeness (QED) is 0.485. The summed E-state index contributed by atoms with van der Waals surface area (Å²) in [5.74, 6) is 0. The van der Waals surface area contributed by atoms with E-state index in [1.807, 2.05) is 12.4 Å². The molecule has 1 aromatic carbocycles. The summed E-state index contributed by atoms with van der Waals surface area (Å²) in [6.07, 6.45) is 8.25. The molecule has 18 heavy (non-hydrogen) atoms. The first-order chi connectivity index (χ1) is 8.66. The summed E-state index contributed by atoms with van der Waals surface area (Å²) in [6, 6.07) is 4.59. The minimum atomic E-state index is 0.499. The van der Waals surface area contributed by atoms with Gasteiger partial charge in [-0.15, -0.1) is 0 Å². The molecular weight excluding hydrogens is 222 g/mol. The second-order valence-corrected chi connectivity index (χ2v) is 5.24. The fraction of sp³-hybridized carbons (Fsp3) is 0.533. The molecule has 0 amide bonds. The van der Waals surface area contributed by atoms with Crippen molar-refractivity contribution in [3.8, 4) is 0 Å². The number of anilines is 2. The predicted octanol–water partition coefficient (Wildman–Crippen LogP) is 3.66. The lowest BCUT2D eigenvalue weighted by Gasteiger charge is -2.17. The smallest absolute Gasteiger partial charge is 0.0871 e. The molecule has 3 N–H and O–H groups in total. The molecule has 1 fully saturated rings. The third-order valence-corrected chi connectivity index (χ3v) is 3.75. The van der Waals surface area contributed by atoms with Crippen LogP contribution < -0.4 is 11.1 Å². The van der Waals surface area contributed by atoms with Gasteiger partial charge in [-0.1, -0.05) is 19.3 Å².